The number of aryl methyl sites for hydroxylation is 1. The fourth-order valence-electron chi connectivity index (χ4n) is 3.18. The second-order valence-electron chi connectivity index (χ2n) is 7.22. The number of anilines is 2. The zero-order chi connectivity index (χ0) is 23.3. The number of amides is 1. The summed E-state index contributed by atoms with van der Waals surface area (Å²) in [6, 6.07) is 20.1. The maximum Gasteiger partial charge on any atom is 0.245 e. The number of rotatable bonds is 8. The van der Waals surface area contributed by atoms with Gasteiger partial charge in [0.2, 0.25) is 15.9 Å². The Morgan fingerprint density at radius 3 is 2.22 bits per heavy atom. The molecule has 0 aromatic heterocycles. The van der Waals surface area contributed by atoms with Gasteiger partial charge < -0.3 is 5.32 Å². The van der Waals surface area contributed by atoms with Crippen molar-refractivity contribution in [2.24, 2.45) is 0 Å². The quantitative estimate of drug-likeness (QED) is 0.490. The van der Waals surface area contributed by atoms with Gasteiger partial charge in [0.25, 0.3) is 0 Å². The molecule has 0 fully saturated rings. The Morgan fingerprint density at radius 2 is 1.62 bits per heavy atom. The van der Waals surface area contributed by atoms with Crippen LogP contribution in [0.3, 0.4) is 0 Å². The summed E-state index contributed by atoms with van der Waals surface area (Å²) >= 11 is 6.08. The Labute approximate surface area is 192 Å². The van der Waals surface area contributed by atoms with E-state index < -0.39 is 22.5 Å². The second kappa shape index (κ2) is 9.97. The van der Waals surface area contributed by atoms with E-state index >= 15 is 0 Å². The Balaban J connectivity index is 1.86. The minimum atomic E-state index is -3.72. The number of ketones is 1. The molecule has 0 aliphatic heterocycles. The molecule has 0 unspecified atom stereocenters. The molecular weight excluding hydrogens is 448 g/mol. The lowest BCUT2D eigenvalue weighted by atomic mass is 10.0. The molecule has 0 radical (unpaired) electrons. The zero-order valence-electron chi connectivity index (χ0n) is 17.7. The van der Waals surface area contributed by atoms with Crippen LogP contribution in [-0.4, -0.2) is 32.9 Å². The molecule has 0 aliphatic rings. The number of benzene rings is 3. The van der Waals surface area contributed by atoms with Gasteiger partial charge in [-0.2, -0.15) is 0 Å². The molecule has 32 heavy (non-hydrogen) atoms. The first-order valence-corrected chi connectivity index (χ1v) is 12.2. The van der Waals surface area contributed by atoms with Gasteiger partial charge in [0.15, 0.2) is 5.78 Å². The molecule has 0 saturated carbocycles. The van der Waals surface area contributed by atoms with E-state index in [9.17, 15) is 18.0 Å². The molecule has 0 bridgehead atoms. The van der Waals surface area contributed by atoms with E-state index in [1.54, 1.807) is 48.5 Å². The van der Waals surface area contributed by atoms with E-state index in [2.05, 4.69) is 5.32 Å². The van der Waals surface area contributed by atoms with Gasteiger partial charge >= 0.3 is 0 Å². The highest BCUT2D eigenvalue weighted by molar-refractivity contribution is 7.92. The van der Waals surface area contributed by atoms with Crippen molar-refractivity contribution in [1.29, 1.82) is 0 Å². The largest absolute Gasteiger partial charge is 0.324 e. The number of nitrogens with one attached hydrogen (secondary N) is 1. The molecule has 3 aromatic rings. The summed E-state index contributed by atoms with van der Waals surface area (Å²) in [6.45, 7) is 1.56. The molecule has 0 aliphatic carbocycles. The highest BCUT2D eigenvalue weighted by Gasteiger charge is 2.22. The molecule has 0 heterocycles. The van der Waals surface area contributed by atoms with E-state index in [0.717, 1.165) is 22.5 Å². The third kappa shape index (κ3) is 5.75. The van der Waals surface area contributed by atoms with Crippen LogP contribution < -0.4 is 9.62 Å². The van der Waals surface area contributed by atoms with Gasteiger partial charge in [-0.1, -0.05) is 61.0 Å². The van der Waals surface area contributed by atoms with Crippen molar-refractivity contribution >= 4 is 44.7 Å². The highest BCUT2D eigenvalue weighted by Crippen LogP contribution is 2.24. The van der Waals surface area contributed by atoms with E-state index in [1.165, 1.54) is 12.1 Å². The van der Waals surface area contributed by atoms with Gasteiger partial charge in [-0.3, -0.25) is 13.9 Å². The summed E-state index contributed by atoms with van der Waals surface area (Å²) in [4.78, 5) is 25.7. The van der Waals surface area contributed by atoms with Crippen LogP contribution in [0.2, 0.25) is 5.02 Å². The van der Waals surface area contributed by atoms with Crippen LogP contribution in [0.1, 0.15) is 28.4 Å². The van der Waals surface area contributed by atoms with Crippen LogP contribution >= 0.6 is 11.6 Å². The van der Waals surface area contributed by atoms with Crippen molar-refractivity contribution in [3.8, 4) is 0 Å². The Bertz CT molecular complexity index is 1230. The Hall–Kier alpha value is -3.16. The molecule has 0 spiro atoms. The third-order valence-corrected chi connectivity index (χ3v) is 6.23. The number of hydrogen-bond acceptors (Lipinski definition) is 4. The first kappa shape index (κ1) is 23.5. The molecule has 0 saturated heterocycles. The molecule has 1 N–H and O–H groups in total. The molecular formula is C24H23ClN2O4S. The molecule has 8 heteroatoms. The number of carbonyl (C=O) groups is 2. The highest BCUT2D eigenvalue weighted by atomic mass is 35.5. The first-order chi connectivity index (χ1) is 15.2. The lowest BCUT2D eigenvalue weighted by molar-refractivity contribution is -0.114. The maximum absolute atomic E-state index is 12.9. The number of nitrogens with zero attached hydrogens (tertiary/aromatic N) is 1. The third-order valence-electron chi connectivity index (χ3n) is 4.86. The van der Waals surface area contributed by atoms with Crippen LogP contribution in [0.25, 0.3) is 0 Å². The fourth-order valence-corrected chi connectivity index (χ4v) is 4.20. The Kier molecular flexibility index (Phi) is 7.33. The van der Waals surface area contributed by atoms with Gasteiger partial charge in [0.05, 0.1) is 17.6 Å². The van der Waals surface area contributed by atoms with Gasteiger partial charge in [-0.05, 0) is 42.3 Å². The van der Waals surface area contributed by atoms with Crippen LogP contribution in [0.15, 0.2) is 72.8 Å². The first-order valence-electron chi connectivity index (χ1n) is 9.95. The number of halogens is 1. The number of hydrogen-bond donors (Lipinski definition) is 1. The summed E-state index contributed by atoms with van der Waals surface area (Å²) < 4.78 is 25.7. The second-order valence-corrected chi connectivity index (χ2v) is 9.57. The topological polar surface area (TPSA) is 83.6 Å². The minimum absolute atomic E-state index is 0.218. The average Bonchev–Trinajstić information content (AvgIpc) is 2.78. The lowest BCUT2D eigenvalue weighted by Gasteiger charge is -2.22. The summed E-state index contributed by atoms with van der Waals surface area (Å²) in [5, 5.41) is 3.00. The van der Waals surface area contributed by atoms with Gasteiger partial charge in [0.1, 0.15) is 6.54 Å². The van der Waals surface area contributed by atoms with Crippen LogP contribution in [0.4, 0.5) is 11.4 Å². The molecule has 3 aromatic carbocycles. The van der Waals surface area contributed by atoms with Crippen molar-refractivity contribution in [3.05, 3.63) is 94.5 Å². The van der Waals surface area contributed by atoms with Crippen molar-refractivity contribution < 1.29 is 18.0 Å². The maximum atomic E-state index is 12.9. The summed E-state index contributed by atoms with van der Waals surface area (Å²) in [7, 11) is -3.72. The summed E-state index contributed by atoms with van der Waals surface area (Å²) in [5.74, 6) is -0.891. The van der Waals surface area contributed by atoms with Crippen molar-refractivity contribution in [2.45, 2.75) is 13.3 Å². The zero-order valence-corrected chi connectivity index (χ0v) is 19.3. The summed E-state index contributed by atoms with van der Waals surface area (Å²) in [5.41, 5.74) is 2.35. The van der Waals surface area contributed by atoms with Crippen LogP contribution in [0.5, 0.6) is 0 Å². The number of sulfonamides is 1. The lowest BCUT2D eigenvalue weighted by Crippen LogP contribution is -2.37. The standard InChI is InChI=1S/C24H23ClN2O4S/c1-3-17-9-12-20(13-10-17)27(32(2,30)31)16-23(28)26-22-14-11-19(25)15-21(22)24(29)18-7-5-4-6-8-18/h4-15H,3,16H2,1-2H3,(H,26,28). The smallest absolute Gasteiger partial charge is 0.245 e. The fraction of sp³-hybridized carbons (Fsp3) is 0.167. The van der Waals surface area contributed by atoms with Crippen LogP contribution in [0, 0.1) is 0 Å². The predicted octanol–water partition coefficient (Wildman–Crippen LogP) is 4.54. The van der Waals surface area contributed by atoms with Crippen LogP contribution in [-0.2, 0) is 21.2 Å². The Morgan fingerprint density at radius 1 is 0.969 bits per heavy atom. The van der Waals surface area contributed by atoms with Gasteiger partial charge in [-0.15, -0.1) is 0 Å². The molecule has 0 atom stereocenters. The molecule has 6 nitrogen and oxygen atoms in total. The molecule has 3 rings (SSSR count). The number of carbonyl (C=O) groups excluding carboxylic acids is 2. The summed E-state index contributed by atoms with van der Waals surface area (Å²) in [6.07, 6.45) is 1.86. The molecule has 1 amide bonds. The van der Waals surface area contributed by atoms with Crippen molar-refractivity contribution in [2.75, 3.05) is 22.4 Å². The average molecular weight is 471 g/mol. The van der Waals surface area contributed by atoms with E-state index in [-0.39, 0.29) is 17.0 Å². The normalized spacial score (nSPS) is 11.1. The van der Waals surface area contributed by atoms with Crippen molar-refractivity contribution in [1.82, 2.24) is 0 Å². The van der Waals surface area contributed by atoms with Gasteiger partial charge in [-0.25, -0.2) is 8.42 Å². The van der Waals surface area contributed by atoms with E-state index in [1.807, 2.05) is 19.1 Å². The van der Waals surface area contributed by atoms with Gasteiger partial charge in [0, 0.05) is 16.1 Å². The SMILES string of the molecule is CCc1ccc(N(CC(=O)Nc2ccc(Cl)cc2C(=O)c2ccccc2)S(C)(=O)=O)cc1. The minimum Gasteiger partial charge on any atom is -0.324 e. The monoisotopic (exact) mass is 470 g/mol. The van der Waals surface area contributed by atoms with E-state index in [0.29, 0.717) is 16.3 Å². The van der Waals surface area contributed by atoms with Crippen molar-refractivity contribution in [3.63, 3.8) is 0 Å². The molecule has 166 valence electrons. The predicted molar refractivity (Wildman–Crippen MR) is 128 cm³/mol. The van der Waals surface area contributed by atoms with E-state index in [4.69, 9.17) is 11.6 Å².